The van der Waals surface area contributed by atoms with Gasteiger partial charge in [-0.3, -0.25) is 0 Å². The van der Waals surface area contributed by atoms with E-state index in [1.165, 1.54) is 12.1 Å². The van der Waals surface area contributed by atoms with Gasteiger partial charge in [0.25, 0.3) is 0 Å². The minimum Gasteiger partial charge on any atom is -0.832 e. The first-order valence-electron chi connectivity index (χ1n) is 4.59. The van der Waals surface area contributed by atoms with E-state index in [4.69, 9.17) is 45.1 Å². The Hall–Kier alpha value is -2.03. The number of aromatic hydroxyl groups is 1. The number of aromatic carboxylic acids is 1. The molecule has 10 nitrogen and oxygen atoms in total. The van der Waals surface area contributed by atoms with Crippen LogP contribution in [0, 0.1) is 0 Å². The van der Waals surface area contributed by atoms with Crippen LogP contribution in [0.3, 0.4) is 0 Å². The van der Waals surface area contributed by atoms with E-state index in [2.05, 4.69) is 0 Å². The number of benzene rings is 1. The minimum atomic E-state index is -2.42. The molecule has 0 amide bonds. The average molecular weight is 296 g/mol. The summed E-state index contributed by atoms with van der Waals surface area (Å²) < 4.78 is 0. The minimum absolute atomic E-state index is 0. The van der Waals surface area contributed by atoms with Crippen LogP contribution in [0.2, 0.25) is 0 Å². The van der Waals surface area contributed by atoms with Gasteiger partial charge >= 0.3 is 44.1 Å². The largest absolute Gasteiger partial charge is 1.00 e. The number of hydrogen-bond donors (Lipinski definition) is 6. The third kappa shape index (κ3) is 15.9. The van der Waals surface area contributed by atoms with Crippen LogP contribution in [0.1, 0.15) is 10.4 Å². The van der Waals surface area contributed by atoms with Gasteiger partial charge in [-0.25, -0.2) is 14.4 Å². The van der Waals surface area contributed by atoms with Crippen LogP contribution in [-0.4, -0.2) is 55.7 Å². The quantitative estimate of drug-likeness (QED) is 0.215. The molecular weight excluding hydrogens is 286 g/mol. The van der Waals surface area contributed by atoms with Gasteiger partial charge in [-0.1, -0.05) is 12.1 Å². The van der Waals surface area contributed by atoms with Crippen molar-refractivity contribution < 1.29 is 68.7 Å². The Kier molecular flexibility index (Phi) is 14.8. The van der Waals surface area contributed by atoms with E-state index in [1.807, 2.05) is 0 Å². The van der Waals surface area contributed by atoms with Crippen LogP contribution < -0.4 is 23.9 Å². The molecule has 110 valence electrons. The number of hydrogen-bond acceptors (Lipinski definition) is 7. The molecule has 1 aromatic rings. The van der Waals surface area contributed by atoms with Crippen molar-refractivity contribution in [2.45, 2.75) is 0 Å². The van der Waals surface area contributed by atoms with Crippen molar-refractivity contribution in [1.82, 2.24) is 0 Å². The van der Waals surface area contributed by atoms with Gasteiger partial charge in [-0.2, -0.15) is 0 Å². The second-order valence-electron chi connectivity index (χ2n) is 2.76. The van der Waals surface area contributed by atoms with Crippen molar-refractivity contribution >= 4 is 25.2 Å². The Morgan fingerprint density at radius 3 is 1.48 bits per heavy atom. The molecule has 0 aliphatic carbocycles. The maximum Gasteiger partial charge on any atom is 1.00 e. The molecule has 0 fully saturated rings. The van der Waals surface area contributed by atoms with Crippen LogP contribution in [0.4, 0.5) is 0 Å². The van der Waals surface area contributed by atoms with E-state index in [0.29, 0.717) is 0 Å². The van der Waals surface area contributed by atoms with Gasteiger partial charge in [-0.15, -0.1) is 0 Å². The fourth-order valence-electron chi connectivity index (χ4n) is 0.654. The number of carbonyl (C=O) groups is 3. The van der Waals surface area contributed by atoms with Crippen LogP contribution >= 0.6 is 0 Å². The van der Waals surface area contributed by atoms with Crippen molar-refractivity contribution in [2.24, 2.45) is 0 Å². The molecule has 6 N–H and O–H groups in total. The third-order valence-corrected chi connectivity index (χ3v) is 1.32. The van der Waals surface area contributed by atoms with E-state index in [0.717, 1.165) is 0 Å². The fourth-order valence-corrected chi connectivity index (χ4v) is 0.654. The van der Waals surface area contributed by atoms with Crippen molar-refractivity contribution in [3.05, 3.63) is 29.8 Å². The molecule has 0 atom stereocenters. The zero-order valence-corrected chi connectivity index (χ0v) is 10.7. The average Bonchev–Trinajstić information content (AvgIpc) is 2.29. The van der Waals surface area contributed by atoms with Crippen molar-refractivity contribution in [2.75, 3.05) is 0 Å². The van der Waals surface area contributed by atoms with Crippen LogP contribution in [0.15, 0.2) is 24.3 Å². The Morgan fingerprint density at radius 1 is 0.952 bits per heavy atom. The van der Waals surface area contributed by atoms with Gasteiger partial charge in [0.15, 0.2) is 0 Å². The molecule has 0 aliphatic rings. The molecule has 0 bridgehead atoms. The molecule has 0 spiro atoms. The molecule has 21 heavy (non-hydrogen) atoms. The van der Waals surface area contributed by atoms with E-state index in [-0.39, 0.29) is 30.2 Å². The first-order chi connectivity index (χ1) is 9.09. The zero-order valence-electron chi connectivity index (χ0n) is 10.7. The summed E-state index contributed by atoms with van der Waals surface area (Å²) >= 11 is 0. The standard InChI is InChI=1S/C7H6O3.C2H2O4.BH2O3.Li/c8-6-4-2-1-3-5(6)7(9)10;3-1(4)2(5)6;2-1(3)4;/h1-4,8H,(H,9,10);(H,3,4)(H,5,6);2-3H;/q;;-1;+1. The summed E-state index contributed by atoms with van der Waals surface area (Å²) in [6.45, 7) is 0. The topological polar surface area (TPSA) is 196 Å². The Bertz CT molecular complexity index is 449. The number of para-hydroxylation sites is 1. The Labute approximate surface area is 130 Å². The molecule has 1 aromatic carbocycles. The summed E-state index contributed by atoms with van der Waals surface area (Å²) in [5, 5.41) is 54.8. The van der Waals surface area contributed by atoms with Crippen molar-refractivity contribution in [3.8, 4) is 5.75 Å². The predicted octanol–water partition coefficient (Wildman–Crippen LogP) is -5.43. The first-order valence-corrected chi connectivity index (χ1v) is 4.59. The molecular formula is C9H10BLiO10. The number of carboxylic acids is 3. The SMILES string of the molecule is O=C(O)C(=O)O.O=C(O)c1ccccc1O.[Li+].[O-]B(O)O. The van der Waals surface area contributed by atoms with Gasteiger partial charge in [0, 0.05) is 0 Å². The molecule has 0 radical (unpaired) electrons. The molecule has 12 heteroatoms. The van der Waals surface area contributed by atoms with E-state index in [9.17, 15) is 4.79 Å². The molecule has 0 unspecified atom stereocenters. The number of rotatable bonds is 1. The summed E-state index contributed by atoms with van der Waals surface area (Å²) in [6, 6.07) is 5.81. The molecule has 0 heterocycles. The molecule has 0 aliphatic heterocycles. The zero-order chi connectivity index (χ0) is 16.3. The van der Waals surface area contributed by atoms with E-state index in [1.54, 1.807) is 12.1 Å². The second kappa shape index (κ2) is 13.0. The molecule has 0 saturated heterocycles. The maximum absolute atomic E-state index is 10.3. The van der Waals surface area contributed by atoms with Crippen LogP contribution in [0.25, 0.3) is 0 Å². The Balaban J connectivity index is -0.000000255. The number of phenols is 1. The van der Waals surface area contributed by atoms with E-state index >= 15 is 0 Å². The third-order valence-electron chi connectivity index (χ3n) is 1.32. The summed E-state index contributed by atoms with van der Waals surface area (Å²) in [7, 11) is -2.42. The summed E-state index contributed by atoms with van der Waals surface area (Å²) in [4.78, 5) is 28.5. The monoisotopic (exact) mass is 296 g/mol. The van der Waals surface area contributed by atoms with Gasteiger partial charge in [0.05, 0.1) is 0 Å². The van der Waals surface area contributed by atoms with Crippen LogP contribution in [0.5, 0.6) is 5.75 Å². The maximum atomic E-state index is 10.3. The summed E-state index contributed by atoms with van der Waals surface area (Å²) in [5.74, 6) is -4.96. The van der Waals surface area contributed by atoms with Gasteiger partial charge < -0.3 is 35.5 Å². The number of aliphatic carboxylic acids is 2. The van der Waals surface area contributed by atoms with E-state index < -0.39 is 25.2 Å². The van der Waals surface area contributed by atoms with Gasteiger partial charge in [0.2, 0.25) is 0 Å². The van der Waals surface area contributed by atoms with Crippen LogP contribution in [-0.2, 0) is 9.59 Å². The Morgan fingerprint density at radius 2 is 1.29 bits per heavy atom. The number of carboxylic acid groups (broad SMARTS) is 3. The molecule has 1 rings (SSSR count). The summed E-state index contributed by atoms with van der Waals surface area (Å²) in [5.41, 5.74) is -0.0671. The molecule has 0 saturated carbocycles. The second-order valence-corrected chi connectivity index (χ2v) is 2.76. The predicted molar refractivity (Wildman–Crippen MR) is 60.5 cm³/mol. The van der Waals surface area contributed by atoms with Crippen molar-refractivity contribution in [1.29, 1.82) is 0 Å². The fraction of sp³-hybridized carbons (Fsp3) is 0. The normalized spacial score (nSPS) is 7.76. The van der Waals surface area contributed by atoms with Gasteiger partial charge in [0.1, 0.15) is 11.3 Å². The van der Waals surface area contributed by atoms with Crippen molar-refractivity contribution in [3.63, 3.8) is 0 Å². The first kappa shape index (κ1) is 24.0. The smallest absolute Gasteiger partial charge is 0.832 e. The van der Waals surface area contributed by atoms with Gasteiger partial charge in [-0.05, 0) is 12.1 Å². The summed E-state index contributed by atoms with van der Waals surface area (Å²) in [6.07, 6.45) is 0. The molecule has 0 aromatic heterocycles.